The van der Waals surface area contributed by atoms with Crippen molar-refractivity contribution in [3.05, 3.63) is 59.9 Å². The van der Waals surface area contributed by atoms with Crippen LogP contribution in [-0.4, -0.2) is 23.0 Å². The van der Waals surface area contributed by atoms with E-state index in [1.807, 2.05) is 24.5 Å². The van der Waals surface area contributed by atoms with E-state index in [1.165, 1.54) is 30.5 Å². The molecule has 3 heteroatoms. The van der Waals surface area contributed by atoms with Crippen LogP contribution in [0.25, 0.3) is 0 Å². The molecule has 3 rings (SSSR count). The Morgan fingerprint density at radius 3 is 3.00 bits per heavy atom. The van der Waals surface area contributed by atoms with E-state index in [0.717, 1.165) is 18.8 Å². The number of likely N-dealkylation sites (tertiary alicyclic amines) is 1. The molecule has 0 amide bonds. The van der Waals surface area contributed by atoms with E-state index in [9.17, 15) is 0 Å². The molecule has 1 unspecified atom stereocenters. The lowest BCUT2D eigenvalue weighted by Gasteiger charge is -2.33. The molecular weight excluding hydrogens is 246 g/mol. The molecule has 1 aliphatic heterocycles. The lowest BCUT2D eigenvalue weighted by molar-refractivity contribution is 0.200. The molecule has 0 aliphatic carbocycles. The van der Waals surface area contributed by atoms with Crippen molar-refractivity contribution in [2.24, 2.45) is 0 Å². The number of nitrogen functional groups attached to an aromatic ring is 1. The number of hydrogen-bond acceptors (Lipinski definition) is 3. The number of hydrogen-bond donors (Lipinski definition) is 1. The van der Waals surface area contributed by atoms with Crippen LogP contribution in [0.3, 0.4) is 0 Å². The second kappa shape index (κ2) is 6.06. The molecule has 20 heavy (non-hydrogen) atoms. The van der Waals surface area contributed by atoms with Crippen molar-refractivity contribution in [2.75, 3.05) is 18.8 Å². The number of anilines is 1. The zero-order chi connectivity index (χ0) is 13.8. The van der Waals surface area contributed by atoms with Gasteiger partial charge in [0, 0.05) is 31.2 Å². The minimum atomic E-state index is 0.601. The van der Waals surface area contributed by atoms with Crippen molar-refractivity contribution in [1.29, 1.82) is 0 Å². The van der Waals surface area contributed by atoms with Crippen LogP contribution in [0.2, 0.25) is 0 Å². The Hall–Kier alpha value is -1.87. The van der Waals surface area contributed by atoms with E-state index >= 15 is 0 Å². The van der Waals surface area contributed by atoms with Gasteiger partial charge in [-0.15, -0.1) is 0 Å². The third kappa shape index (κ3) is 3.17. The van der Waals surface area contributed by atoms with Gasteiger partial charge in [0.15, 0.2) is 0 Å². The normalized spacial score (nSPS) is 19.9. The second-order valence-corrected chi connectivity index (χ2v) is 5.61. The van der Waals surface area contributed by atoms with Gasteiger partial charge in [-0.25, -0.2) is 0 Å². The Bertz CT molecular complexity index is 553. The summed E-state index contributed by atoms with van der Waals surface area (Å²) in [5.41, 5.74) is 9.44. The molecule has 1 aliphatic rings. The number of rotatable bonds is 3. The van der Waals surface area contributed by atoms with Gasteiger partial charge in [0.05, 0.1) is 0 Å². The zero-order valence-corrected chi connectivity index (χ0v) is 11.7. The molecule has 0 bridgehead atoms. The monoisotopic (exact) mass is 267 g/mol. The minimum absolute atomic E-state index is 0.601. The summed E-state index contributed by atoms with van der Waals surface area (Å²) < 4.78 is 0. The predicted octanol–water partition coefficient (Wildman–Crippen LogP) is 3.04. The van der Waals surface area contributed by atoms with Crippen LogP contribution in [0.15, 0.2) is 48.8 Å². The van der Waals surface area contributed by atoms with Crippen LogP contribution in [0.4, 0.5) is 5.69 Å². The van der Waals surface area contributed by atoms with Gasteiger partial charge in [-0.1, -0.05) is 18.2 Å². The first-order valence-corrected chi connectivity index (χ1v) is 7.28. The second-order valence-electron chi connectivity index (χ2n) is 5.61. The van der Waals surface area contributed by atoms with Gasteiger partial charge in [0.1, 0.15) is 0 Å². The van der Waals surface area contributed by atoms with Gasteiger partial charge in [-0.05, 0) is 54.6 Å². The molecule has 2 aromatic rings. The van der Waals surface area contributed by atoms with Crippen LogP contribution in [0.5, 0.6) is 0 Å². The summed E-state index contributed by atoms with van der Waals surface area (Å²) >= 11 is 0. The molecule has 0 radical (unpaired) electrons. The summed E-state index contributed by atoms with van der Waals surface area (Å²) in [5, 5.41) is 0. The molecule has 1 atom stereocenters. The third-order valence-corrected chi connectivity index (χ3v) is 4.02. The van der Waals surface area contributed by atoms with E-state index in [4.69, 9.17) is 5.73 Å². The summed E-state index contributed by atoms with van der Waals surface area (Å²) in [4.78, 5) is 6.72. The molecule has 1 saturated heterocycles. The summed E-state index contributed by atoms with van der Waals surface area (Å²) in [7, 11) is 0. The minimum Gasteiger partial charge on any atom is -0.399 e. The molecule has 0 spiro atoms. The smallest absolute Gasteiger partial charge is 0.0316 e. The fourth-order valence-electron chi connectivity index (χ4n) is 3.03. The van der Waals surface area contributed by atoms with Crippen LogP contribution >= 0.6 is 0 Å². The maximum Gasteiger partial charge on any atom is 0.0316 e. The number of piperidine rings is 1. The first kappa shape index (κ1) is 13.1. The van der Waals surface area contributed by atoms with Crippen LogP contribution in [0, 0.1) is 0 Å². The molecule has 1 fully saturated rings. The van der Waals surface area contributed by atoms with Gasteiger partial charge in [0.2, 0.25) is 0 Å². The fourth-order valence-corrected chi connectivity index (χ4v) is 3.03. The van der Waals surface area contributed by atoms with Crippen LogP contribution in [0.1, 0.15) is 29.9 Å². The van der Waals surface area contributed by atoms with Crippen LogP contribution < -0.4 is 5.73 Å². The quantitative estimate of drug-likeness (QED) is 0.869. The Balaban J connectivity index is 1.67. The van der Waals surface area contributed by atoms with Crippen molar-refractivity contribution in [3.8, 4) is 0 Å². The summed E-state index contributed by atoms with van der Waals surface area (Å²) in [6, 6.07) is 12.5. The molecule has 1 aromatic heterocycles. The SMILES string of the molecule is Nc1cccc(C2CCCN(Cc3cccnc3)C2)c1. The van der Waals surface area contributed by atoms with Crippen molar-refractivity contribution in [2.45, 2.75) is 25.3 Å². The van der Waals surface area contributed by atoms with Gasteiger partial charge in [-0.3, -0.25) is 9.88 Å². The van der Waals surface area contributed by atoms with E-state index in [-0.39, 0.29) is 0 Å². The lowest BCUT2D eigenvalue weighted by atomic mass is 9.90. The number of pyridine rings is 1. The predicted molar refractivity (Wildman–Crippen MR) is 82.3 cm³/mol. The van der Waals surface area contributed by atoms with Crippen LogP contribution in [-0.2, 0) is 6.54 Å². The molecule has 1 aromatic carbocycles. The number of nitrogens with two attached hydrogens (primary N) is 1. The summed E-state index contributed by atoms with van der Waals surface area (Å²) in [6.07, 6.45) is 6.30. The Morgan fingerprint density at radius 1 is 1.25 bits per heavy atom. The van der Waals surface area contributed by atoms with E-state index in [1.54, 1.807) is 0 Å². The maximum absolute atomic E-state index is 5.90. The van der Waals surface area contributed by atoms with Gasteiger partial charge in [0.25, 0.3) is 0 Å². The molecular formula is C17H21N3. The Labute approximate surface area is 120 Å². The molecule has 2 heterocycles. The van der Waals surface area contributed by atoms with Gasteiger partial charge in [-0.2, -0.15) is 0 Å². The highest BCUT2D eigenvalue weighted by Gasteiger charge is 2.21. The molecule has 0 saturated carbocycles. The first-order chi connectivity index (χ1) is 9.81. The lowest BCUT2D eigenvalue weighted by Crippen LogP contribution is -2.33. The largest absolute Gasteiger partial charge is 0.399 e. The Morgan fingerprint density at radius 2 is 2.20 bits per heavy atom. The average molecular weight is 267 g/mol. The number of aromatic nitrogens is 1. The standard InChI is InChI=1S/C17H21N3/c18-17-7-1-5-15(10-17)16-6-3-9-20(13-16)12-14-4-2-8-19-11-14/h1-2,4-5,7-8,10-11,16H,3,6,9,12-13,18H2. The van der Waals surface area contributed by atoms with E-state index < -0.39 is 0 Å². The summed E-state index contributed by atoms with van der Waals surface area (Å²) in [5.74, 6) is 0.601. The van der Waals surface area contributed by atoms with Crippen molar-refractivity contribution in [1.82, 2.24) is 9.88 Å². The third-order valence-electron chi connectivity index (χ3n) is 4.02. The molecule has 2 N–H and O–H groups in total. The zero-order valence-electron chi connectivity index (χ0n) is 11.7. The molecule has 3 nitrogen and oxygen atoms in total. The van der Waals surface area contributed by atoms with Crippen molar-refractivity contribution in [3.63, 3.8) is 0 Å². The Kier molecular flexibility index (Phi) is 3.97. The fraction of sp³-hybridized carbons (Fsp3) is 0.353. The topological polar surface area (TPSA) is 42.1 Å². The van der Waals surface area contributed by atoms with Crippen molar-refractivity contribution < 1.29 is 0 Å². The van der Waals surface area contributed by atoms with Gasteiger partial charge < -0.3 is 5.73 Å². The highest BCUT2D eigenvalue weighted by atomic mass is 15.1. The number of benzene rings is 1. The highest BCUT2D eigenvalue weighted by molar-refractivity contribution is 5.42. The average Bonchev–Trinajstić information content (AvgIpc) is 2.49. The summed E-state index contributed by atoms with van der Waals surface area (Å²) in [6.45, 7) is 3.28. The highest BCUT2D eigenvalue weighted by Crippen LogP contribution is 2.28. The first-order valence-electron chi connectivity index (χ1n) is 7.28. The van der Waals surface area contributed by atoms with Gasteiger partial charge >= 0.3 is 0 Å². The van der Waals surface area contributed by atoms with E-state index in [0.29, 0.717) is 5.92 Å². The number of nitrogens with zero attached hydrogens (tertiary/aromatic N) is 2. The van der Waals surface area contributed by atoms with E-state index in [2.05, 4.69) is 34.1 Å². The molecule has 104 valence electrons. The van der Waals surface area contributed by atoms with Crippen molar-refractivity contribution >= 4 is 5.69 Å². The maximum atomic E-state index is 5.90.